The molecule has 1 nitrogen and oxygen atoms in total. The second kappa shape index (κ2) is 6.55. The first-order valence-corrected chi connectivity index (χ1v) is 9.67. The van der Waals surface area contributed by atoms with Gasteiger partial charge in [-0.05, 0) is 73.2 Å². The highest BCUT2D eigenvalue weighted by Gasteiger charge is 2.25. The van der Waals surface area contributed by atoms with Gasteiger partial charge in [-0.2, -0.15) is 0 Å². The van der Waals surface area contributed by atoms with Gasteiger partial charge in [-0.25, -0.2) is 0 Å². The van der Waals surface area contributed by atoms with E-state index >= 15 is 0 Å². The molecule has 1 fully saturated rings. The van der Waals surface area contributed by atoms with E-state index in [1.807, 2.05) is 11.3 Å². The van der Waals surface area contributed by atoms with E-state index in [0.29, 0.717) is 5.92 Å². The lowest BCUT2D eigenvalue weighted by Gasteiger charge is -2.26. The Hall–Kier alpha value is -1.12. The SMILES string of the molecule is c1ccc2c(c1)CCc1sccc1C2CCC1CCCCN1. The summed E-state index contributed by atoms with van der Waals surface area (Å²) < 4.78 is 0. The van der Waals surface area contributed by atoms with Crippen LogP contribution in [0.25, 0.3) is 0 Å². The van der Waals surface area contributed by atoms with Gasteiger partial charge in [0.25, 0.3) is 0 Å². The minimum atomic E-state index is 0.615. The quantitative estimate of drug-likeness (QED) is 0.850. The van der Waals surface area contributed by atoms with Crippen LogP contribution in [0.2, 0.25) is 0 Å². The number of thiophene rings is 1. The van der Waals surface area contributed by atoms with E-state index in [4.69, 9.17) is 0 Å². The Morgan fingerprint density at radius 3 is 2.86 bits per heavy atom. The van der Waals surface area contributed by atoms with Crippen molar-refractivity contribution in [1.29, 1.82) is 0 Å². The second-order valence-corrected chi connectivity index (χ2v) is 7.78. The largest absolute Gasteiger partial charge is 0.314 e. The molecule has 1 aliphatic heterocycles. The van der Waals surface area contributed by atoms with Crippen LogP contribution >= 0.6 is 11.3 Å². The fourth-order valence-corrected chi connectivity index (χ4v) is 5.18. The summed E-state index contributed by atoms with van der Waals surface area (Å²) in [7, 11) is 0. The summed E-state index contributed by atoms with van der Waals surface area (Å²) in [5.41, 5.74) is 4.79. The van der Waals surface area contributed by atoms with Gasteiger partial charge in [-0.15, -0.1) is 11.3 Å². The van der Waals surface area contributed by atoms with E-state index in [9.17, 15) is 0 Å². The Bertz CT molecular complexity index is 624. The van der Waals surface area contributed by atoms with Crippen molar-refractivity contribution >= 4 is 11.3 Å². The summed E-state index contributed by atoms with van der Waals surface area (Å²) in [5.74, 6) is 0.615. The Morgan fingerprint density at radius 1 is 1.00 bits per heavy atom. The molecule has 2 aliphatic rings. The maximum atomic E-state index is 3.72. The summed E-state index contributed by atoms with van der Waals surface area (Å²) in [6.07, 6.45) is 9.17. The Balaban J connectivity index is 1.60. The van der Waals surface area contributed by atoms with Gasteiger partial charge in [0.2, 0.25) is 0 Å². The predicted molar refractivity (Wildman–Crippen MR) is 94.9 cm³/mol. The number of nitrogens with one attached hydrogen (secondary N) is 1. The maximum absolute atomic E-state index is 3.72. The molecule has 1 aromatic heterocycles. The van der Waals surface area contributed by atoms with Gasteiger partial charge < -0.3 is 5.32 Å². The van der Waals surface area contributed by atoms with Crippen molar-refractivity contribution in [2.75, 3.05) is 6.54 Å². The van der Waals surface area contributed by atoms with E-state index in [2.05, 4.69) is 41.0 Å². The molecule has 0 bridgehead atoms. The summed E-state index contributed by atoms with van der Waals surface area (Å²) in [6.45, 7) is 1.22. The molecule has 4 rings (SSSR count). The Labute approximate surface area is 137 Å². The third kappa shape index (κ3) is 2.87. The molecule has 2 aromatic rings. The molecule has 22 heavy (non-hydrogen) atoms. The molecule has 2 unspecified atom stereocenters. The standard InChI is InChI=1S/C20H25NS/c1-2-7-17-15(5-1)8-11-20-19(12-14-22-20)18(17)10-9-16-6-3-4-13-21-16/h1-2,5,7,12,14,16,18,21H,3-4,6,8-11,13H2. The summed E-state index contributed by atoms with van der Waals surface area (Å²) in [6, 6.07) is 12.3. The first kappa shape index (κ1) is 14.5. The van der Waals surface area contributed by atoms with E-state index in [-0.39, 0.29) is 0 Å². The molecule has 1 N–H and O–H groups in total. The molecule has 2 atom stereocenters. The van der Waals surface area contributed by atoms with Gasteiger partial charge in [0.1, 0.15) is 0 Å². The van der Waals surface area contributed by atoms with Crippen molar-refractivity contribution in [3.05, 3.63) is 57.3 Å². The van der Waals surface area contributed by atoms with Crippen molar-refractivity contribution in [3.63, 3.8) is 0 Å². The molecule has 0 amide bonds. The topological polar surface area (TPSA) is 12.0 Å². The number of benzene rings is 1. The summed E-state index contributed by atoms with van der Waals surface area (Å²) in [4.78, 5) is 1.62. The van der Waals surface area contributed by atoms with Gasteiger partial charge >= 0.3 is 0 Å². The van der Waals surface area contributed by atoms with Crippen LogP contribution in [0.4, 0.5) is 0 Å². The molecule has 0 spiro atoms. The third-order valence-corrected chi connectivity index (χ3v) is 6.42. The molecule has 0 saturated carbocycles. The monoisotopic (exact) mass is 311 g/mol. The van der Waals surface area contributed by atoms with Crippen molar-refractivity contribution in [2.45, 2.75) is 56.9 Å². The van der Waals surface area contributed by atoms with Crippen LogP contribution in [0.5, 0.6) is 0 Å². The van der Waals surface area contributed by atoms with Crippen LogP contribution in [0.3, 0.4) is 0 Å². The number of fused-ring (bicyclic) bond motifs is 2. The molecule has 0 radical (unpaired) electrons. The minimum Gasteiger partial charge on any atom is -0.314 e. The Kier molecular flexibility index (Phi) is 4.31. The van der Waals surface area contributed by atoms with E-state index in [1.165, 1.54) is 51.5 Å². The molecule has 2 heteroatoms. The zero-order valence-electron chi connectivity index (χ0n) is 13.2. The van der Waals surface area contributed by atoms with Crippen molar-refractivity contribution in [2.24, 2.45) is 0 Å². The van der Waals surface area contributed by atoms with E-state index in [0.717, 1.165) is 6.04 Å². The molecule has 2 heterocycles. The lowest BCUT2D eigenvalue weighted by Crippen LogP contribution is -2.34. The maximum Gasteiger partial charge on any atom is 0.0104 e. The number of rotatable bonds is 3. The average molecular weight is 311 g/mol. The first-order valence-electron chi connectivity index (χ1n) is 8.79. The van der Waals surface area contributed by atoms with E-state index < -0.39 is 0 Å². The second-order valence-electron chi connectivity index (χ2n) is 6.77. The minimum absolute atomic E-state index is 0.615. The molecule has 116 valence electrons. The lowest BCUT2D eigenvalue weighted by atomic mass is 9.84. The van der Waals surface area contributed by atoms with Crippen molar-refractivity contribution in [3.8, 4) is 0 Å². The fraction of sp³-hybridized carbons (Fsp3) is 0.500. The Morgan fingerprint density at radius 2 is 1.95 bits per heavy atom. The van der Waals surface area contributed by atoms with Crippen LogP contribution in [0, 0.1) is 0 Å². The van der Waals surface area contributed by atoms with Crippen molar-refractivity contribution < 1.29 is 0 Å². The van der Waals surface area contributed by atoms with Gasteiger partial charge in [0, 0.05) is 16.8 Å². The van der Waals surface area contributed by atoms with Crippen LogP contribution in [-0.2, 0) is 12.8 Å². The van der Waals surface area contributed by atoms with Gasteiger partial charge in [-0.1, -0.05) is 30.7 Å². The van der Waals surface area contributed by atoms with Crippen molar-refractivity contribution in [1.82, 2.24) is 5.32 Å². The highest BCUT2D eigenvalue weighted by atomic mass is 32.1. The predicted octanol–water partition coefficient (Wildman–Crippen LogP) is 4.90. The molecule has 1 saturated heterocycles. The fourth-order valence-electron chi connectivity index (χ4n) is 4.23. The highest BCUT2D eigenvalue weighted by molar-refractivity contribution is 7.10. The lowest BCUT2D eigenvalue weighted by molar-refractivity contribution is 0.370. The molecule has 1 aliphatic carbocycles. The van der Waals surface area contributed by atoms with Crippen LogP contribution in [-0.4, -0.2) is 12.6 Å². The van der Waals surface area contributed by atoms with E-state index in [1.54, 1.807) is 21.6 Å². The summed E-state index contributed by atoms with van der Waals surface area (Å²) in [5, 5.41) is 6.01. The zero-order valence-corrected chi connectivity index (χ0v) is 14.0. The summed E-state index contributed by atoms with van der Waals surface area (Å²) >= 11 is 1.96. The van der Waals surface area contributed by atoms with Crippen LogP contribution in [0.1, 0.15) is 59.6 Å². The number of aryl methyl sites for hydroxylation is 2. The highest BCUT2D eigenvalue weighted by Crippen LogP contribution is 2.39. The van der Waals surface area contributed by atoms with Gasteiger partial charge in [0.15, 0.2) is 0 Å². The normalized spacial score (nSPS) is 24.4. The smallest absolute Gasteiger partial charge is 0.0104 e. The van der Waals surface area contributed by atoms with Gasteiger partial charge in [-0.3, -0.25) is 0 Å². The van der Waals surface area contributed by atoms with Crippen LogP contribution in [0.15, 0.2) is 35.7 Å². The van der Waals surface area contributed by atoms with Gasteiger partial charge in [0.05, 0.1) is 0 Å². The number of piperidine rings is 1. The first-order chi connectivity index (χ1) is 10.9. The molecule has 1 aromatic carbocycles. The average Bonchev–Trinajstić information content (AvgIpc) is 2.98. The zero-order chi connectivity index (χ0) is 14.8. The van der Waals surface area contributed by atoms with Crippen LogP contribution < -0.4 is 5.32 Å². The number of hydrogen-bond acceptors (Lipinski definition) is 2. The third-order valence-electron chi connectivity index (χ3n) is 5.42. The molecular formula is C20H25NS. The molecular weight excluding hydrogens is 286 g/mol. The number of hydrogen-bond donors (Lipinski definition) is 1.